The Balaban J connectivity index is 0.000000412. The van der Waals surface area contributed by atoms with Crippen molar-refractivity contribution in [3.8, 4) is 0 Å². The Morgan fingerprint density at radius 2 is 1.96 bits per heavy atom. The lowest BCUT2D eigenvalue weighted by molar-refractivity contribution is -0.192. The van der Waals surface area contributed by atoms with Crippen molar-refractivity contribution in [1.29, 1.82) is 0 Å². The molecule has 26 heavy (non-hydrogen) atoms. The van der Waals surface area contributed by atoms with Crippen molar-refractivity contribution in [1.82, 2.24) is 10.6 Å². The number of carboxylic acid groups (broad SMARTS) is 1. The van der Waals surface area contributed by atoms with E-state index in [1.165, 1.54) is 0 Å². The van der Waals surface area contributed by atoms with E-state index in [1.54, 1.807) is 18.2 Å². The lowest BCUT2D eigenvalue weighted by atomic mass is 10.1. The molecule has 1 aromatic carbocycles. The molecular formula is C15H17Cl2F3N2O4. The lowest BCUT2D eigenvalue weighted by Crippen LogP contribution is -2.41. The Morgan fingerprint density at radius 1 is 1.35 bits per heavy atom. The number of rotatable bonds is 4. The maximum Gasteiger partial charge on any atom is 0.490 e. The summed E-state index contributed by atoms with van der Waals surface area (Å²) in [4.78, 5) is 20.7. The molecule has 2 atom stereocenters. The Kier molecular flexibility index (Phi) is 8.61. The van der Waals surface area contributed by atoms with Crippen LogP contribution in [-0.2, 0) is 9.59 Å². The number of halogens is 5. The number of carbonyl (C=O) groups is 2. The molecule has 146 valence electrons. The summed E-state index contributed by atoms with van der Waals surface area (Å²) < 4.78 is 31.7. The largest absolute Gasteiger partial charge is 0.490 e. The van der Waals surface area contributed by atoms with Crippen molar-refractivity contribution >= 4 is 35.1 Å². The minimum Gasteiger partial charge on any atom is -0.475 e. The summed E-state index contributed by atoms with van der Waals surface area (Å²) in [7, 11) is 0. The van der Waals surface area contributed by atoms with Crippen molar-refractivity contribution in [2.75, 3.05) is 13.1 Å². The summed E-state index contributed by atoms with van der Waals surface area (Å²) in [6.45, 7) is 1.00. The third-order valence-electron chi connectivity index (χ3n) is 3.41. The van der Waals surface area contributed by atoms with Gasteiger partial charge in [0.1, 0.15) is 0 Å². The van der Waals surface area contributed by atoms with E-state index in [-0.39, 0.29) is 18.5 Å². The normalized spacial score (nSPS) is 17.8. The van der Waals surface area contributed by atoms with E-state index in [1.807, 2.05) is 0 Å². The number of aliphatic hydroxyl groups is 1. The Bertz CT molecular complexity index is 638. The summed E-state index contributed by atoms with van der Waals surface area (Å²) in [5.74, 6) is -2.84. The van der Waals surface area contributed by atoms with Crippen LogP contribution in [0.3, 0.4) is 0 Å². The van der Waals surface area contributed by atoms with Gasteiger partial charge in [-0.15, -0.1) is 0 Å². The average molecular weight is 417 g/mol. The van der Waals surface area contributed by atoms with Crippen LogP contribution in [0, 0.1) is 0 Å². The van der Waals surface area contributed by atoms with Gasteiger partial charge in [0, 0.05) is 22.2 Å². The molecule has 0 saturated carbocycles. The molecule has 6 nitrogen and oxygen atoms in total. The number of hydrogen-bond donors (Lipinski definition) is 4. The molecule has 1 heterocycles. The highest BCUT2D eigenvalue weighted by molar-refractivity contribution is 6.35. The summed E-state index contributed by atoms with van der Waals surface area (Å²) >= 11 is 11.8. The van der Waals surface area contributed by atoms with Crippen LogP contribution in [0.5, 0.6) is 0 Å². The number of aliphatic hydroxyl groups excluding tert-OH is 1. The number of aliphatic carboxylic acids is 1. The first kappa shape index (κ1) is 22.5. The minimum atomic E-state index is -5.08. The van der Waals surface area contributed by atoms with E-state index in [2.05, 4.69) is 10.6 Å². The standard InChI is InChI=1S/C13H16Cl2N2O2.C2HF3O2/c14-8-3-4-9(10(15)6-8)12(18)7-17-13(19)11-2-1-5-16-11;3-2(4,5)1(6)7/h3-4,6,11-12,16,18H,1-2,5,7H2,(H,17,19);(H,6,7)/t11-,12?;/m0./s1. The summed E-state index contributed by atoms with van der Waals surface area (Å²) in [6.07, 6.45) is -4.08. The molecular weight excluding hydrogens is 400 g/mol. The Labute approximate surface area is 157 Å². The van der Waals surface area contributed by atoms with Crippen LogP contribution >= 0.6 is 23.2 Å². The molecule has 1 saturated heterocycles. The van der Waals surface area contributed by atoms with E-state index in [0.29, 0.717) is 15.6 Å². The van der Waals surface area contributed by atoms with Crippen molar-refractivity contribution in [2.45, 2.75) is 31.2 Å². The number of amides is 1. The van der Waals surface area contributed by atoms with E-state index in [4.69, 9.17) is 33.1 Å². The maximum atomic E-state index is 11.8. The van der Waals surface area contributed by atoms with Crippen LogP contribution in [0.4, 0.5) is 13.2 Å². The number of carboxylic acids is 1. The van der Waals surface area contributed by atoms with Crippen LogP contribution in [0.15, 0.2) is 18.2 Å². The minimum absolute atomic E-state index is 0.0818. The SMILES string of the molecule is O=C(NCC(O)c1ccc(Cl)cc1Cl)[C@@H]1CCCN1.O=C(O)C(F)(F)F. The molecule has 1 unspecified atom stereocenters. The highest BCUT2D eigenvalue weighted by Crippen LogP contribution is 2.25. The lowest BCUT2D eigenvalue weighted by Gasteiger charge is -2.16. The fourth-order valence-corrected chi connectivity index (χ4v) is 2.64. The predicted molar refractivity (Wildman–Crippen MR) is 89.1 cm³/mol. The van der Waals surface area contributed by atoms with E-state index in [9.17, 15) is 23.1 Å². The first-order valence-electron chi connectivity index (χ1n) is 7.46. The number of benzene rings is 1. The summed E-state index contributed by atoms with van der Waals surface area (Å²) in [6, 6.07) is 4.75. The zero-order chi connectivity index (χ0) is 19.9. The highest BCUT2D eigenvalue weighted by Gasteiger charge is 2.38. The molecule has 1 aromatic rings. The van der Waals surface area contributed by atoms with Crippen molar-refractivity contribution in [3.63, 3.8) is 0 Å². The maximum absolute atomic E-state index is 11.8. The molecule has 1 aliphatic rings. The molecule has 0 aromatic heterocycles. The molecule has 4 N–H and O–H groups in total. The monoisotopic (exact) mass is 416 g/mol. The van der Waals surface area contributed by atoms with Crippen LogP contribution in [-0.4, -0.2) is 47.4 Å². The van der Waals surface area contributed by atoms with Crippen LogP contribution in [0.1, 0.15) is 24.5 Å². The third kappa shape index (κ3) is 7.36. The second kappa shape index (κ2) is 9.96. The second-order valence-electron chi connectivity index (χ2n) is 5.38. The molecule has 0 aliphatic carbocycles. The quantitative estimate of drug-likeness (QED) is 0.604. The van der Waals surface area contributed by atoms with Crippen molar-refractivity contribution < 1.29 is 33.0 Å². The molecule has 1 amide bonds. The van der Waals surface area contributed by atoms with Gasteiger partial charge in [0.15, 0.2) is 0 Å². The van der Waals surface area contributed by atoms with E-state index >= 15 is 0 Å². The van der Waals surface area contributed by atoms with Gasteiger partial charge in [0.05, 0.1) is 12.1 Å². The van der Waals surface area contributed by atoms with Gasteiger partial charge >= 0.3 is 12.1 Å². The number of hydrogen-bond acceptors (Lipinski definition) is 4. The predicted octanol–water partition coefficient (Wildman–Crippen LogP) is 2.53. The van der Waals surface area contributed by atoms with Gasteiger partial charge < -0.3 is 20.8 Å². The van der Waals surface area contributed by atoms with Gasteiger partial charge in [-0.25, -0.2) is 4.79 Å². The van der Waals surface area contributed by atoms with Gasteiger partial charge in [0.25, 0.3) is 0 Å². The molecule has 1 fully saturated rings. The van der Waals surface area contributed by atoms with Gasteiger partial charge in [-0.05, 0) is 31.5 Å². The van der Waals surface area contributed by atoms with Gasteiger partial charge in [-0.2, -0.15) is 13.2 Å². The second-order valence-corrected chi connectivity index (χ2v) is 6.22. The summed E-state index contributed by atoms with van der Waals surface area (Å²) in [5.41, 5.74) is 0.561. The zero-order valence-electron chi connectivity index (χ0n) is 13.3. The zero-order valence-corrected chi connectivity index (χ0v) is 14.8. The van der Waals surface area contributed by atoms with E-state index in [0.717, 1.165) is 19.4 Å². The van der Waals surface area contributed by atoms with E-state index < -0.39 is 18.2 Å². The molecule has 0 bridgehead atoms. The smallest absolute Gasteiger partial charge is 0.475 e. The Morgan fingerprint density at radius 3 is 2.42 bits per heavy atom. The highest BCUT2D eigenvalue weighted by atomic mass is 35.5. The molecule has 2 rings (SSSR count). The molecule has 0 radical (unpaired) electrons. The third-order valence-corrected chi connectivity index (χ3v) is 3.97. The van der Waals surface area contributed by atoms with Gasteiger partial charge in [0.2, 0.25) is 5.91 Å². The fraction of sp³-hybridized carbons (Fsp3) is 0.467. The number of alkyl halides is 3. The molecule has 11 heteroatoms. The summed E-state index contributed by atoms with van der Waals surface area (Å²) in [5, 5.41) is 23.9. The topological polar surface area (TPSA) is 98.7 Å². The van der Waals surface area contributed by atoms with Gasteiger partial charge in [-0.3, -0.25) is 4.79 Å². The first-order valence-corrected chi connectivity index (χ1v) is 8.22. The fourth-order valence-electron chi connectivity index (χ4n) is 2.11. The van der Waals surface area contributed by atoms with Crippen molar-refractivity contribution in [3.05, 3.63) is 33.8 Å². The van der Waals surface area contributed by atoms with Crippen LogP contribution in [0.2, 0.25) is 10.0 Å². The average Bonchev–Trinajstić information content (AvgIpc) is 3.06. The van der Waals surface area contributed by atoms with Crippen molar-refractivity contribution in [2.24, 2.45) is 0 Å². The molecule has 0 spiro atoms. The van der Waals surface area contributed by atoms with Crippen LogP contribution < -0.4 is 10.6 Å². The number of nitrogens with one attached hydrogen (secondary N) is 2. The Hall–Kier alpha value is -1.55. The van der Waals surface area contributed by atoms with Crippen LogP contribution in [0.25, 0.3) is 0 Å². The number of carbonyl (C=O) groups excluding carboxylic acids is 1. The first-order chi connectivity index (χ1) is 12.0. The van der Waals surface area contributed by atoms with Gasteiger partial charge in [-0.1, -0.05) is 29.3 Å². The molecule has 1 aliphatic heterocycles.